The quantitative estimate of drug-likeness (QED) is 0.572. The van der Waals surface area contributed by atoms with Gasteiger partial charge in [-0.25, -0.2) is 4.98 Å². The second kappa shape index (κ2) is 8.89. The Labute approximate surface area is 209 Å². The minimum absolute atomic E-state index is 0.171. The van der Waals surface area contributed by atoms with Gasteiger partial charge in [0.25, 0.3) is 5.91 Å². The molecule has 0 unspecified atom stereocenters. The molecule has 3 amide bonds. The molecule has 0 aliphatic carbocycles. The van der Waals surface area contributed by atoms with Crippen molar-refractivity contribution in [3.63, 3.8) is 0 Å². The van der Waals surface area contributed by atoms with Crippen molar-refractivity contribution in [1.29, 1.82) is 0 Å². The minimum atomic E-state index is -0.621. The number of pyridine rings is 1. The highest BCUT2D eigenvalue weighted by Crippen LogP contribution is 2.36. The third-order valence-corrected chi connectivity index (χ3v) is 7.47. The molecule has 0 bridgehead atoms. The van der Waals surface area contributed by atoms with E-state index in [4.69, 9.17) is 4.98 Å². The largest absolute Gasteiger partial charge is 0.357 e. The Morgan fingerprint density at radius 2 is 1.75 bits per heavy atom. The van der Waals surface area contributed by atoms with E-state index in [0.717, 1.165) is 46.9 Å². The lowest BCUT2D eigenvalue weighted by molar-refractivity contribution is -0.136. The van der Waals surface area contributed by atoms with Crippen molar-refractivity contribution >= 4 is 23.5 Å². The van der Waals surface area contributed by atoms with Crippen LogP contribution in [0.3, 0.4) is 0 Å². The maximum absolute atomic E-state index is 13.1. The molecule has 3 aromatic rings. The van der Waals surface area contributed by atoms with Gasteiger partial charge in [-0.1, -0.05) is 6.07 Å². The molecule has 9 heteroatoms. The van der Waals surface area contributed by atoms with Gasteiger partial charge in [0.15, 0.2) is 0 Å². The van der Waals surface area contributed by atoms with Gasteiger partial charge in [-0.05, 0) is 61.1 Å². The third kappa shape index (κ3) is 3.84. The fraction of sp³-hybridized carbons (Fsp3) is 0.370. The zero-order valence-corrected chi connectivity index (χ0v) is 20.2. The van der Waals surface area contributed by atoms with Gasteiger partial charge in [0.05, 0.1) is 11.9 Å². The highest BCUT2D eigenvalue weighted by atomic mass is 16.2. The van der Waals surface area contributed by atoms with Crippen LogP contribution in [0.5, 0.6) is 0 Å². The lowest BCUT2D eigenvalue weighted by atomic mass is 9.98. The summed E-state index contributed by atoms with van der Waals surface area (Å²) in [5.74, 6) is 0.148. The molecule has 3 aliphatic rings. The molecular formula is C27H28N6O3. The summed E-state index contributed by atoms with van der Waals surface area (Å²) in [6, 6.07) is 9.32. The van der Waals surface area contributed by atoms with Gasteiger partial charge in [-0.3, -0.25) is 24.4 Å². The van der Waals surface area contributed by atoms with Crippen LogP contribution < -0.4 is 10.2 Å². The highest BCUT2D eigenvalue weighted by Gasteiger charge is 2.39. The molecule has 5 heterocycles. The Bertz CT molecular complexity index is 1360. The van der Waals surface area contributed by atoms with Crippen LogP contribution in [-0.4, -0.2) is 56.5 Å². The summed E-state index contributed by atoms with van der Waals surface area (Å²) in [4.78, 5) is 45.6. The van der Waals surface area contributed by atoms with Crippen molar-refractivity contribution in [2.24, 2.45) is 7.05 Å². The Balaban J connectivity index is 1.28. The van der Waals surface area contributed by atoms with Gasteiger partial charge in [-0.15, -0.1) is 0 Å². The molecule has 0 spiro atoms. The lowest BCUT2D eigenvalue weighted by Gasteiger charge is -2.29. The first-order valence-electron chi connectivity index (χ1n) is 12.5. The number of hydrogen-bond donors (Lipinski definition) is 1. The summed E-state index contributed by atoms with van der Waals surface area (Å²) in [6.45, 7) is 2.44. The molecule has 9 nitrogen and oxygen atoms in total. The third-order valence-electron chi connectivity index (χ3n) is 7.47. The van der Waals surface area contributed by atoms with Crippen LogP contribution in [0.1, 0.15) is 48.0 Å². The van der Waals surface area contributed by atoms with E-state index in [2.05, 4.69) is 27.4 Å². The van der Waals surface area contributed by atoms with Crippen LogP contribution in [0, 0.1) is 0 Å². The number of carbonyl (C=O) groups is 3. The van der Waals surface area contributed by atoms with Gasteiger partial charge >= 0.3 is 0 Å². The molecule has 36 heavy (non-hydrogen) atoms. The van der Waals surface area contributed by atoms with Crippen molar-refractivity contribution in [2.45, 2.75) is 44.7 Å². The standard InChI is InChI=1S/C27H28N6O3/c1-31-25(18-6-9-23(28-14-18)32-11-3-2-4-12-32)21(15-29-31)17-5-7-20-19(13-17)16-33(27(20)36)22-8-10-24(34)30-26(22)35/h5-7,9,13-15,22H,2-4,8,10-12,16H2,1H3,(H,30,34,35)/t22-/m0/s1. The first-order valence-corrected chi connectivity index (χ1v) is 12.5. The van der Waals surface area contributed by atoms with Gasteiger partial charge < -0.3 is 9.80 Å². The van der Waals surface area contributed by atoms with Crippen LogP contribution >= 0.6 is 0 Å². The number of rotatable bonds is 4. The number of aromatic nitrogens is 3. The molecule has 0 radical (unpaired) electrons. The number of nitrogens with one attached hydrogen (secondary N) is 1. The van der Waals surface area contributed by atoms with Crippen LogP contribution in [0.2, 0.25) is 0 Å². The number of benzene rings is 1. The number of anilines is 1. The van der Waals surface area contributed by atoms with Crippen molar-refractivity contribution < 1.29 is 14.4 Å². The maximum Gasteiger partial charge on any atom is 0.255 e. The van der Waals surface area contributed by atoms with E-state index < -0.39 is 11.9 Å². The minimum Gasteiger partial charge on any atom is -0.357 e. The van der Waals surface area contributed by atoms with E-state index in [1.165, 1.54) is 19.3 Å². The summed E-state index contributed by atoms with van der Waals surface area (Å²) in [7, 11) is 1.92. The monoisotopic (exact) mass is 484 g/mol. The van der Waals surface area contributed by atoms with E-state index >= 15 is 0 Å². The molecule has 1 N–H and O–H groups in total. The summed E-state index contributed by atoms with van der Waals surface area (Å²) in [5.41, 5.74) is 5.32. The Morgan fingerprint density at radius 3 is 2.50 bits per heavy atom. The topological polar surface area (TPSA) is 100 Å². The van der Waals surface area contributed by atoms with Gasteiger partial charge in [-0.2, -0.15) is 5.10 Å². The molecule has 2 saturated heterocycles. The fourth-order valence-corrected chi connectivity index (χ4v) is 5.57. The number of hydrogen-bond acceptors (Lipinski definition) is 6. The van der Waals surface area contributed by atoms with Crippen LogP contribution in [0.15, 0.2) is 42.7 Å². The van der Waals surface area contributed by atoms with Gasteiger partial charge in [0, 0.05) is 56.0 Å². The van der Waals surface area contributed by atoms with E-state index in [1.54, 1.807) is 4.90 Å². The number of carbonyl (C=O) groups excluding carboxylic acids is 3. The Hall–Kier alpha value is -4.01. The normalized spacial score (nSPS) is 20.0. The smallest absolute Gasteiger partial charge is 0.255 e. The van der Waals surface area contributed by atoms with Gasteiger partial charge in [0.1, 0.15) is 11.9 Å². The first-order chi connectivity index (χ1) is 17.5. The number of nitrogens with zero attached hydrogens (tertiary/aromatic N) is 5. The van der Waals surface area contributed by atoms with Crippen LogP contribution in [0.4, 0.5) is 5.82 Å². The predicted octanol–water partition coefficient (Wildman–Crippen LogP) is 2.90. The maximum atomic E-state index is 13.1. The molecular weight excluding hydrogens is 456 g/mol. The van der Waals surface area contributed by atoms with E-state index in [1.807, 2.05) is 42.3 Å². The number of aryl methyl sites for hydroxylation is 1. The zero-order chi connectivity index (χ0) is 24.8. The van der Waals surface area contributed by atoms with E-state index in [0.29, 0.717) is 18.5 Å². The van der Waals surface area contributed by atoms with Gasteiger partial charge in [0.2, 0.25) is 11.8 Å². The van der Waals surface area contributed by atoms with Crippen molar-refractivity contribution in [3.8, 4) is 22.4 Å². The second-order valence-corrected chi connectivity index (χ2v) is 9.76. The molecule has 1 aromatic carbocycles. The number of fused-ring (bicyclic) bond motifs is 1. The molecule has 6 rings (SSSR count). The molecule has 2 fully saturated rings. The van der Waals surface area contributed by atoms with Crippen molar-refractivity contribution in [1.82, 2.24) is 25.0 Å². The summed E-state index contributed by atoms with van der Waals surface area (Å²) < 4.78 is 1.85. The van der Waals surface area contributed by atoms with Crippen LogP contribution in [0.25, 0.3) is 22.4 Å². The first kappa shape index (κ1) is 22.5. The predicted molar refractivity (Wildman–Crippen MR) is 134 cm³/mol. The average molecular weight is 485 g/mol. The van der Waals surface area contributed by atoms with E-state index in [9.17, 15) is 14.4 Å². The van der Waals surface area contributed by atoms with E-state index in [-0.39, 0.29) is 18.2 Å². The molecule has 2 aromatic heterocycles. The van der Waals surface area contributed by atoms with Crippen molar-refractivity contribution in [3.05, 3.63) is 53.9 Å². The zero-order valence-electron chi connectivity index (χ0n) is 20.2. The number of imide groups is 1. The van der Waals surface area contributed by atoms with Crippen LogP contribution in [-0.2, 0) is 23.2 Å². The fourth-order valence-electron chi connectivity index (χ4n) is 5.57. The molecule has 3 aliphatic heterocycles. The lowest BCUT2D eigenvalue weighted by Crippen LogP contribution is -2.52. The highest BCUT2D eigenvalue weighted by molar-refractivity contribution is 6.05. The molecule has 1 atom stereocenters. The summed E-state index contributed by atoms with van der Waals surface area (Å²) in [5, 5.41) is 6.86. The Kier molecular flexibility index (Phi) is 5.55. The Morgan fingerprint density at radius 1 is 0.944 bits per heavy atom. The summed E-state index contributed by atoms with van der Waals surface area (Å²) >= 11 is 0. The summed E-state index contributed by atoms with van der Waals surface area (Å²) in [6.07, 6.45) is 8.03. The number of amides is 3. The molecule has 0 saturated carbocycles. The SMILES string of the molecule is Cn1ncc(-c2ccc3c(c2)CN([C@H]2CCC(=O)NC2=O)C3=O)c1-c1ccc(N2CCCCC2)nc1. The molecule has 184 valence electrons. The average Bonchev–Trinajstić information content (AvgIpc) is 3.44. The second-order valence-electron chi connectivity index (χ2n) is 9.76. The van der Waals surface area contributed by atoms with Crippen molar-refractivity contribution in [2.75, 3.05) is 18.0 Å². The number of piperidine rings is 2.